The number of sulfonamides is 1. The maximum Gasteiger partial charge on any atom is 0.253 e. The van der Waals surface area contributed by atoms with Gasteiger partial charge >= 0.3 is 0 Å². The number of carbonyl (C=O) groups excluding carboxylic acids is 1. The van der Waals surface area contributed by atoms with E-state index >= 15 is 0 Å². The summed E-state index contributed by atoms with van der Waals surface area (Å²) in [6, 6.07) is 9.73. The van der Waals surface area contributed by atoms with Crippen molar-refractivity contribution in [3.8, 4) is 0 Å². The summed E-state index contributed by atoms with van der Waals surface area (Å²) in [6.45, 7) is 0.613. The predicted octanol–water partition coefficient (Wildman–Crippen LogP) is 3.09. The van der Waals surface area contributed by atoms with Crippen molar-refractivity contribution >= 4 is 38.9 Å². The lowest BCUT2D eigenvalue weighted by Gasteiger charge is -2.33. The molecule has 0 unspecified atom stereocenters. The summed E-state index contributed by atoms with van der Waals surface area (Å²) in [4.78, 5) is 14.7. The molecule has 2 aliphatic rings. The lowest BCUT2D eigenvalue weighted by atomic mass is 9.99. The summed E-state index contributed by atoms with van der Waals surface area (Å²) in [6.07, 6.45) is -0.766. The molecule has 1 aromatic heterocycles. The molecule has 0 radical (unpaired) electrons. The number of alkyl halides is 1. The van der Waals surface area contributed by atoms with Gasteiger partial charge in [-0.2, -0.15) is 4.31 Å². The van der Waals surface area contributed by atoms with E-state index in [-0.39, 0.29) is 23.1 Å². The van der Waals surface area contributed by atoms with Gasteiger partial charge in [0.1, 0.15) is 16.4 Å². The first-order valence-corrected chi connectivity index (χ1v) is 11.3. The first kappa shape index (κ1) is 18.9. The van der Waals surface area contributed by atoms with Crippen LogP contribution in [-0.2, 0) is 27.8 Å². The molecule has 0 aliphatic carbocycles. The quantitative estimate of drug-likeness (QED) is 0.754. The van der Waals surface area contributed by atoms with Crippen LogP contribution in [0.3, 0.4) is 0 Å². The molecule has 0 spiro atoms. The average Bonchev–Trinajstić information content (AvgIpc) is 3.27. The second kappa shape index (κ2) is 7.16. The Morgan fingerprint density at radius 2 is 1.93 bits per heavy atom. The second-order valence-corrected chi connectivity index (χ2v) is 10.6. The van der Waals surface area contributed by atoms with Crippen molar-refractivity contribution in [3.05, 3.63) is 51.9 Å². The maximum absolute atomic E-state index is 14.1. The van der Waals surface area contributed by atoms with Crippen LogP contribution in [0.1, 0.15) is 17.5 Å². The maximum atomic E-state index is 14.1. The molecule has 5 nitrogen and oxygen atoms in total. The SMILES string of the molecule is O=C([C@@H]1C[C@H](F)CN1S(=O)(=O)c1ccc(Cl)s1)N1CCc2ccccc2C1. The van der Waals surface area contributed by atoms with Crippen LogP contribution >= 0.6 is 22.9 Å². The van der Waals surface area contributed by atoms with Crippen molar-refractivity contribution in [1.29, 1.82) is 0 Å². The van der Waals surface area contributed by atoms with Crippen molar-refractivity contribution in [1.82, 2.24) is 9.21 Å². The van der Waals surface area contributed by atoms with Crippen LogP contribution in [0.4, 0.5) is 4.39 Å². The molecule has 1 fully saturated rings. The Kier molecular flexibility index (Phi) is 5.00. The van der Waals surface area contributed by atoms with E-state index in [2.05, 4.69) is 0 Å². The van der Waals surface area contributed by atoms with E-state index in [0.29, 0.717) is 23.8 Å². The van der Waals surface area contributed by atoms with Gasteiger partial charge in [-0.1, -0.05) is 35.9 Å². The summed E-state index contributed by atoms with van der Waals surface area (Å²) < 4.78 is 41.4. The van der Waals surface area contributed by atoms with Gasteiger partial charge < -0.3 is 4.90 Å². The molecule has 3 heterocycles. The largest absolute Gasteiger partial charge is 0.337 e. The zero-order valence-corrected chi connectivity index (χ0v) is 16.7. The number of fused-ring (bicyclic) bond motifs is 1. The highest BCUT2D eigenvalue weighted by Gasteiger charge is 2.46. The van der Waals surface area contributed by atoms with E-state index in [1.165, 1.54) is 17.7 Å². The first-order chi connectivity index (χ1) is 12.9. The van der Waals surface area contributed by atoms with Crippen molar-refractivity contribution in [3.63, 3.8) is 0 Å². The lowest BCUT2D eigenvalue weighted by Crippen LogP contribution is -2.48. The van der Waals surface area contributed by atoms with Gasteiger partial charge in [0.2, 0.25) is 5.91 Å². The number of carbonyl (C=O) groups is 1. The molecule has 1 amide bonds. The van der Waals surface area contributed by atoms with Gasteiger partial charge in [0, 0.05) is 26.1 Å². The van der Waals surface area contributed by atoms with Crippen molar-refractivity contribution < 1.29 is 17.6 Å². The monoisotopic (exact) mass is 428 g/mol. The molecule has 2 aliphatic heterocycles. The Morgan fingerprint density at radius 3 is 2.63 bits per heavy atom. The van der Waals surface area contributed by atoms with E-state index in [0.717, 1.165) is 21.2 Å². The predicted molar refractivity (Wildman–Crippen MR) is 102 cm³/mol. The van der Waals surface area contributed by atoms with Crippen LogP contribution in [0.2, 0.25) is 4.34 Å². The molecule has 27 heavy (non-hydrogen) atoms. The number of rotatable bonds is 3. The van der Waals surface area contributed by atoms with Crippen LogP contribution in [0.5, 0.6) is 0 Å². The summed E-state index contributed by atoms with van der Waals surface area (Å²) in [7, 11) is -3.96. The fourth-order valence-corrected chi connectivity index (χ4v) is 6.93. The Balaban J connectivity index is 1.59. The van der Waals surface area contributed by atoms with Crippen molar-refractivity contribution in [2.75, 3.05) is 13.1 Å². The fourth-order valence-electron chi connectivity index (χ4n) is 3.69. The summed E-state index contributed by atoms with van der Waals surface area (Å²) in [5.74, 6) is -0.337. The Bertz CT molecular complexity index is 978. The highest BCUT2D eigenvalue weighted by molar-refractivity contribution is 7.91. The fraction of sp³-hybridized carbons (Fsp3) is 0.389. The highest BCUT2D eigenvalue weighted by Crippen LogP contribution is 2.34. The Labute approximate surface area is 166 Å². The topological polar surface area (TPSA) is 57.7 Å². The van der Waals surface area contributed by atoms with Gasteiger partial charge in [-0.05, 0) is 29.7 Å². The number of benzene rings is 1. The van der Waals surface area contributed by atoms with Gasteiger partial charge in [0.05, 0.1) is 4.34 Å². The zero-order chi connectivity index (χ0) is 19.2. The van der Waals surface area contributed by atoms with Crippen LogP contribution in [0.25, 0.3) is 0 Å². The van der Waals surface area contributed by atoms with E-state index in [1.54, 1.807) is 4.90 Å². The van der Waals surface area contributed by atoms with Gasteiger partial charge in [0.25, 0.3) is 10.0 Å². The molecular weight excluding hydrogens is 411 g/mol. The van der Waals surface area contributed by atoms with Gasteiger partial charge in [0.15, 0.2) is 0 Å². The third kappa shape index (κ3) is 3.51. The van der Waals surface area contributed by atoms with Crippen LogP contribution in [0.15, 0.2) is 40.6 Å². The number of nitrogens with zero attached hydrogens (tertiary/aromatic N) is 2. The number of hydrogen-bond donors (Lipinski definition) is 0. The molecular formula is C18H18ClFN2O3S2. The molecule has 0 N–H and O–H groups in total. The third-order valence-corrected chi connectivity index (χ3v) is 8.62. The van der Waals surface area contributed by atoms with E-state index in [4.69, 9.17) is 11.6 Å². The van der Waals surface area contributed by atoms with E-state index in [1.807, 2.05) is 24.3 Å². The normalized spacial score (nSPS) is 23.4. The molecule has 2 aromatic rings. The van der Waals surface area contributed by atoms with Crippen molar-refractivity contribution in [2.24, 2.45) is 0 Å². The van der Waals surface area contributed by atoms with Crippen molar-refractivity contribution in [2.45, 2.75) is 35.8 Å². The summed E-state index contributed by atoms with van der Waals surface area (Å²) in [5.41, 5.74) is 2.24. The van der Waals surface area contributed by atoms with E-state index < -0.39 is 22.2 Å². The van der Waals surface area contributed by atoms with E-state index in [9.17, 15) is 17.6 Å². The molecule has 1 saturated heterocycles. The standard InChI is InChI=1S/C18H18ClFN2O3S2/c19-16-5-6-17(26-16)27(24,25)22-11-14(20)9-15(22)18(23)21-8-7-12-3-1-2-4-13(12)10-21/h1-6,14-15H,7-11H2/t14-,15-/m0/s1. The molecule has 144 valence electrons. The van der Waals surface area contributed by atoms with Gasteiger partial charge in [-0.3, -0.25) is 4.79 Å². The third-order valence-electron chi connectivity index (χ3n) is 5.04. The summed E-state index contributed by atoms with van der Waals surface area (Å²) >= 11 is 6.77. The number of halogens is 2. The van der Waals surface area contributed by atoms with Gasteiger partial charge in [-0.15, -0.1) is 11.3 Å². The minimum Gasteiger partial charge on any atom is -0.337 e. The minimum atomic E-state index is -3.96. The second-order valence-electron chi connectivity index (χ2n) is 6.76. The van der Waals surface area contributed by atoms with Crippen LogP contribution in [-0.4, -0.2) is 48.8 Å². The molecule has 9 heteroatoms. The van der Waals surface area contributed by atoms with Gasteiger partial charge in [-0.25, -0.2) is 12.8 Å². The molecule has 0 saturated carbocycles. The molecule has 0 bridgehead atoms. The first-order valence-electron chi connectivity index (χ1n) is 8.63. The highest BCUT2D eigenvalue weighted by atomic mass is 35.5. The zero-order valence-electron chi connectivity index (χ0n) is 14.3. The lowest BCUT2D eigenvalue weighted by molar-refractivity contribution is -0.135. The number of thiophene rings is 1. The van der Waals surface area contributed by atoms with Crippen LogP contribution < -0.4 is 0 Å². The van der Waals surface area contributed by atoms with Crippen LogP contribution in [0, 0.1) is 0 Å². The molecule has 4 rings (SSSR count). The summed E-state index contributed by atoms with van der Waals surface area (Å²) in [5, 5.41) is 0. The minimum absolute atomic E-state index is 0.0309. The molecule has 1 aromatic carbocycles. The number of amides is 1. The smallest absolute Gasteiger partial charge is 0.253 e. The Morgan fingerprint density at radius 1 is 1.19 bits per heavy atom. The molecule has 2 atom stereocenters. The number of hydrogen-bond acceptors (Lipinski definition) is 4. The Hall–Kier alpha value is -1.48. The average molecular weight is 429 g/mol.